The van der Waals surface area contributed by atoms with Crippen molar-refractivity contribution in [1.82, 2.24) is 19.1 Å². The van der Waals surface area contributed by atoms with E-state index in [1.165, 1.54) is 24.0 Å². The smallest absolute Gasteiger partial charge is 0.332 e. The molecule has 0 amide bonds. The number of hydrogen-bond acceptors (Lipinski definition) is 7. The molecule has 9 nitrogen and oxygen atoms in total. The fourth-order valence-corrected chi connectivity index (χ4v) is 3.40. The van der Waals surface area contributed by atoms with Gasteiger partial charge in [-0.15, -0.1) is 0 Å². The third kappa shape index (κ3) is 3.98. The Morgan fingerprint density at radius 1 is 1.07 bits per heavy atom. The highest BCUT2D eigenvalue weighted by Gasteiger charge is 2.25. The Morgan fingerprint density at radius 3 is 2.66 bits per heavy atom. The summed E-state index contributed by atoms with van der Waals surface area (Å²) >= 11 is 0. The molecule has 1 fully saturated rings. The van der Waals surface area contributed by atoms with E-state index in [0.29, 0.717) is 29.8 Å². The van der Waals surface area contributed by atoms with Gasteiger partial charge in [0.05, 0.1) is 0 Å². The molecule has 9 heteroatoms. The number of nitrogens with one attached hydrogen (secondary N) is 1. The van der Waals surface area contributed by atoms with Crippen molar-refractivity contribution in [2.75, 3.05) is 23.3 Å². The van der Waals surface area contributed by atoms with Crippen LogP contribution < -0.4 is 26.2 Å². The molecule has 0 unspecified atom stereocenters. The lowest BCUT2D eigenvalue weighted by atomic mass is 10.2. The summed E-state index contributed by atoms with van der Waals surface area (Å²) in [5.41, 5.74) is -0.638. The van der Waals surface area contributed by atoms with Gasteiger partial charge in [0.2, 0.25) is 5.88 Å². The van der Waals surface area contributed by atoms with Crippen molar-refractivity contribution >= 4 is 11.6 Å². The van der Waals surface area contributed by atoms with Crippen LogP contribution in [0.2, 0.25) is 0 Å². The minimum absolute atomic E-state index is 0.119. The molecular formula is C20H22N6O3. The van der Waals surface area contributed by atoms with Crippen LogP contribution in [0.4, 0.5) is 11.6 Å². The molecule has 0 bridgehead atoms. The summed E-state index contributed by atoms with van der Waals surface area (Å²) in [4.78, 5) is 34.6. The average Bonchev–Trinajstić information content (AvgIpc) is 3.18. The highest BCUT2D eigenvalue weighted by molar-refractivity contribution is 5.44. The fourth-order valence-electron chi connectivity index (χ4n) is 3.40. The molecular weight excluding hydrogens is 372 g/mol. The van der Waals surface area contributed by atoms with E-state index in [0.717, 1.165) is 17.5 Å². The maximum atomic E-state index is 12.2. The van der Waals surface area contributed by atoms with Crippen molar-refractivity contribution < 1.29 is 4.74 Å². The predicted octanol–water partition coefficient (Wildman–Crippen LogP) is 1.36. The van der Waals surface area contributed by atoms with Crippen molar-refractivity contribution in [3.8, 4) is 11.6 Å². The minimum atomic E-state index is -0.331. The molecule has 1 aromatic carbocycles. The molecule has 2 aromatic heterocycles. The third-order valence-electron chi connectivity index (χ3n) is 4.97. The Hall–Kier alpha value is -3.62. The van der Waals surface area contributed by atoms with Crippen LogP contribution in [0.15, 0.2) is 58.4 Å². The number of aromatic nitrogens is 4. The lowest BCUT2D eigenvalue weighted by molar-refractivity contribution is 0.462. The van der Waals surface area contributed by atoms with Crippen LogP contribution in [0.25, 0.3) is 0 Å². The molecule has 150 valence electrons. The molecule has 1 saturated heterocycles. The lowest BCUT2D eigenvalue weighted by Crippen LogP contribution is -2.40. The van der Waals surface area contributed by atoms with Crippen LogP contribution in [-0.2, 0) is 14.1 Å². The van der Waals surface area contributed by atoms with Gasteiger partial charge < -0.3 is 15.0 Å². The van der Waals surface area contributed by atoms with Gasteiger partial charge in [0.1, 0.15) is 23.7 Å². The maximum Gasteiger partial charge on any atom is 0.332 e. The first-order valence-electron chi connectivity index (χ1n) is 9.35. The second-order valence-corrected chi connectivity index (χ2v) is 6.97. The molecule has 29 heavy (non-hydrogen) atoms. The normalized spacial score (nSPS) is 16.1. The number of hydrogen-bond donors (Lipinski definition) is 1. The monoisotopic (exact) mass is 394 g/mol. The van der Waals surface area contributed by atoms with E-state index in [-0.39, 0.29) is 17.3 Å². The molecule has 3 heterocycles. The van der Waals surface area contributed by atoms with Crippen molar-refractivity contribution in [2.45, 2.75) is 12.5 Å². The second kappa shape index (κ2) is 7.78. The molecule has 0 spiro atoms. The Kier molecular flexibility index (Phi) is 5.03. The number of para-hydroxylation sites is 1. The SMILES string of the molecule is Cn1c(N2CC[C@H](Nc3cc(Oc4ccccc4)ncn3)C2)cc(=O)n(C)c1=O. The van der Waals surface area contributed by atoms with Gasteiger partial charge in [-0.1, -0.05) is 18.2 Å². The Balaban J connectivity index is 1.45. The topological polar surface area (TPSA) is 94.3 Å². The van der Waals surface area contributed by atoms with Gasteiger partial charge in [0.25, 0.3) is 5.56 Å². The van der Waals surface area contributed by atoms with Gasteiger partial charge >= 0.3 is 5.69 Å². The van der Waals surface area contributed by atoms with Gasteiger partial charge in [0.15, 0.2) is 0 Å². The maximum absolute atomic E-state index is 12.2. The first kappa shape index (κ1) is 18.7. The zero-order valence-electron chi connectivity index (χ0n) is 16.3. The second-order valence-electron chi connectivity index (χ2n) is 6.97. The standard InChI is InChI=1S/C20H22N6O3/c1-24-18(11-19(27)25(2)20(24)28)26-9-8-14(12-26)23-16-10-17(22-13-21-16)29-15-6-4-3-5-7-15/h3-7,10-11,13-14H,8-9,12H2,1-2H3,(H,21,22,23)/t14-/m0/s1. The van der Waals surface area contributed by atoms with Crippen molar-refractivity contribution in [3.05, 3.63) is 69.6 Å². The minimum Gasteiger partial charge on any atom is -0.439 e. The zero-order valence-corrected chi connectivity index (χ0v) is 16.3. The van der Waals surface area contributed by atoms with Gasteiger partial charge in [-0.3, -0.25) is 13.9 Å². The Labute approximate surface area is 167 Å². The van der Waals surface area contributed by atoms with E-state index in [2.05, 4.69) is 15.3 Å². The van der Waals surface area contributed by atoms with E-state index in [1.54, 1.807) is 13.1 Å². The molecule has 0 radical (unpaired) electrons. The molecule has 1 atom stereocenters. The van der Waals surface area contributed by atoms with Crippen LogP contribution in [0, 0.1) is 0 Å². The first-order chi connectivity index (χ1) is 14.0. The summed E-state index contributed by atoms with van der Waals surface area (Å²) in [7, 11) is 3.16. The summed E-state index contributed by atoms with van der Waals surface area (Å²) in [6.07, 6.45) is 2.31. The van der Waals surface area contributed by atoms with Gasteiger partial charge in [0, 0.05) is 45.4 Å². The largest absolute Gasteiger partial charge is 0.439 e. The van der Waals surface area contributed by atoms with Gasteiger partial charge in [-0.2, -0.15) is 0 Å². The van der Waals surface area contributed by atoms with Crippen LogP contribution in [-0.4, -0.2) is 38.2 Å². The van der Waals surface area contributed by atoms with E-state index in [9.17, 15) is 9.59 Å². The average molecular weight is 394 g/mol. The van der Waals surface area contributed by atoms with E-state index in [4.69, 9.17) is 4.74 Å². The fraction of sp³-hybridized carbons (Fsp3) is 0.300. The molecule has 1 aliphatic rings. The van der Waals surface area contributed by atoms with Gasteiger partial charge in [-0.25, -0.2) is 14.8 Å². The Bertz CT molecular complexity index is 1130. The van der Waals surface area contributed by atoms with E-state index in [1.807, 2.05) is 35.2 Å². The molecule has 4 rings (SSSR count). The van der Waals surface area contributed by atoms with Crippen molar-refractivity contribution in [1.29, 1.82) is 0 Å². The number of anilines is 2. The van der Waals surface area contributed by atoms with Crippen LogP contribution in [0.5, 0.6) is 11.6 Å². The number of rotatable bonds is 5. The van der Waals surface area contributed by atoms with Crippen LogP contribution in [0.3, 0.4) is 0 Å². The lowest BCUT2D eigenvalue weighted by Gasteiger charge is -2.21. The number of benzene rings is 1. The van der Waals surface area contributed by atoms with E-state index >= 15 is 0 Å². The molecule has 1 aliphatic heterocycles. The third-order valence-corrected chi connectivity index (χ3v) is 4.97. The van der Waals surface area contributed by atoms with Crippen molar-refractivity contribution in [3.63, 3.8) is 0 Å². The molecule has 1 N–H and O–H groups in total. The molecule has 3 aromatic rings. The van der Waals surface area contributed by atoms with Crippen LogP contribution >= 0.6 is 0 Å². The number of nitrogens with zero attached hydrogens (tertiary/aromatic N) is 5. The molecule has 0 saturated carbocycles. The Morgan fingerprint density at radius 2 is 1.86 bits per heavy atom. The highest BCUT2D eigenvalue weighted by atomic mass is 16.5. The molecule has 0 aliphatic carbocycles. The predicted molar refractivity (Wildman–Crippen MR) is 110 cm³/mol. The quantitative estimate of drug-likeness (QED) is 0.698. The van der Waals surface area contributed by atoms with E-state index < -0.39 is 0 Å². The summed E-state index contributed by atoms with van der Waals surface area (Å²) in [6.45, 7) is 1.38. The highest BCUT2D eigenvalue weighted by Crippen LogP contribution is 2.23. The zero-order chi connectivity index (χ0) is 20.4. The first-order valence-corrected chi connectivity index (χ1v) is 9.35. The summed E-state index contributed by atoms with van der Waals surface area (Å²) in [5.74, 6) is 2.45. The van der Waals surface area contributed by atoms with Gasteiger partial charge in [-0.05, 0) is 18.6 Å². The van der Waals surface area contributed by atoms with Crippen molar-refractivity contribution in [2.24, 2.45) is 14.1 Å². The number of ether oxygens (including phenoxy) is 1. The van der Waals surface area contributed by atoms with Crippen LogP contribution in [0.1, 0.15) is 6.42 Å². The summed E-state index contributed by atoms with van der Waals surface area (Å²) in [6, 6.07) is 12.8. The summed E-state index contributed by atoms with van der Waals surface area (Å²) < 4.78 is 8.35. The summed E-state index contributed by atoms with van der Waals surface area (Å²) in [5, 5.41) is 3.38.